The molecule has 0 aliphatic heterocycles. The molecule has 3 nitrogen and oxygen atoms in total. The second-order valence-corrected chi connectivity index (χ2v) is 6.79. The van der Waals surface area contributed by atoms with Crippen LogP contribution in [0.2, 0.25) is 0 Å². The van der Waals surface area contributed by atoms with Gasteiger partial charge in [-0.1, -0.05) is 26.8 Å². The lowest BCUT2D eigenvalue weighted by Gasteiger charge is -2.44. The topological polar surface area (TPSA) is 28.2 Å². The summed E-state index contributed by atoms with van der Waals surface area (Å²) in [5, 5.41) is 3.63. The van der Waals surface area contributed by atoms with Gasteiger partial charge in [0, 0.05) is 18.3 Å². The average Bonchev–Trinajstić information content (AvgIpc) is 2.41. The predicted octanol–water partition coefficient (Wildman–Crippen LogP) is 3.24. The van der Waals surface area contributed by atoms with E-state index >= 15 is 0 Å². The molecule has 0 spiro atoms. The molecule has 3 heteroatoms. The van der Waals surface area contributed by atoms with Crippen LogP contribution in [0.4, 0.5) is 0 Å². The summed E-state index contributed by atoms with van der Waals surface area (Å²) in [4.78, 5) is 7.26. The van der Waals surface area contributed by atoms with Gasteiger partial charge in [0.25, 0.3) is 0 Å². The predicted molar refractivity (Wildman–Crippen MR) is 89.3 cm³/mol. The zero-order chi connectivity index (χ0) is 15.2. The molecule has 1 aliphatic carbocycles. The van der Waals surface area contributed by atoms with Gasteiger partial charge in [0.1, 0.15) is 0 Å². The SMILES string of the molecule is CCN(Cc1cccc(C)n1)C1CCC1CNCC(C)C. The summed E-state index contributed by atoms with van der Waals surface area (Å²) in [5.74, 6) is 1.55. The van der Waals surface area contributed by atoms with Gasteiger partial charge < -0.3 is 5.32 Å². The summed E-state index contributed by atoms with van der Waals surface area (Å²) >= 11 is 0. The van der Waals surface area contributed by atoms with E-state index in [4.69, 9.17) is 0 Å². The highest BCUT2D eigenvalue weighted by atomic mass is 15.2. The third kappa shape index (κ3) is 4.79. The van der Waals surface area contributed by atoms with Crippen molar-refractivity contribution in [3.05, 3.63) is 29.6 Å². The quantitative estimate of drug-likeness (QED) is 0.796. The van der Waals surface area contributed by atoms with Crippen molar-refractivity contribution in [3.8, 4) is 0 Å². The van der Waals surface area contributed by atoms with Crippen molar-refractivity contribution in [1.29, 1.82) is 0 Å². The summed E-state index contributed by atoms with van der Waals surface area (Å²) < 4.78 is 0. The van der Waals surface area contributed by atoms with E-state index in [0.29, 0.717) is 0 Å². The van der Waals surface area contributed by atoms with Crippen LogP contribution in [0.1, 0.15) is 45.0 Å². The van der Waals surface area contributed by atoms with Gasteiger partial charge in [-0.25, -0.2) is 0 Å². The first-order valence-corrected chi connectivity index (χ1v) is 8.47. The normalized spacial score (nSPS) is 21.8. The van der Waals surface area contributed by atoms with Crippen LogP contribution >= 0.6 is 0 Å². The molecule has 0 radical (unpaired) electrons. The Balaban J connectivity index is 1.86. The highest BCUT2D eigenvalue weighted by molar-refractivity contribution is 5.10. The largest absolute Gasteiger partial charge is 0.316 e. The Morgan fingerprint density at radius 2 is 2.14 bits per heavy atom. The molecule has 1 saturated carbocycles. The Kier molecular flexibility index (Phi) is 6.19. The third-order valence-electron chi connectivity index (χ3n) is 4.52. The summed E-state index contributed by atoms with van der Waals surface area (Å²) in [6.07, 6.45) is 2.71. The Hall–Kier alpha value is -0.930. The monoisotopic (exact) mass is 289 g/mol. The van der Waals surface area contributed by atoms with Crippen LogP contribution in [0.15, 0.2) is 18.2 Å². The standard InChI is InChI=1S/C18H31N3/c1-5-21(13-17-8-6-7-15(4)20-17)18-10-9-16(18)12-19-11-14(2)3/h6-8,14,16,18-19H,5,9-13H2,1-4H3. The van der Waals surface area contributed by atoms with E-state index in [2.05, 4.69) is 61.1 Å². The van der Waals surface area contributed by atoms with Gasteiger partial charge >= 0.3 is 0 Å². The van der Waals surface area contributed by atoms with Gasteiger partial charge in [-0.05, 0) is 63.4 Å². The van der Waals surface area contributed by atoms with Crippen LogP contribution in [0, 0.1) is 18.8 Å². The van der Waals surface area contributed by atoms with Crippen molar-refractivity contribution in [3.63, 3.8) is 0 Å². The second-order valence-electron chi connectivity index (χ2n) is 6.79. The number of nitrogens with one attached hydrogen (secondary N) is 1. The molecule has 2 atom stereocenters. The molecular weight excluding hydrogens is 258 g/mol. The van der Waals surface area contributed by atoms with E-state index in [9.17, 15) is 0 Å². The van der Waals surface area contributed by atoms with Crippen LogP contribution in [0.5, 0.6) is 0 Å². The smallest absolute Gasteiger partial charge is 0.0547 e. The lowest BCUT2D eigenvalue weighted by atomic mass is 9.78. The second kappa shape index (κ2) is 7.90. The molecule has 0 aromatic carbocycles. The molecule has 0 bridgehead atoms. The number of hydrogen-bond acceptors (Lipinski definition) is 3. The summed E-state index contributed by atoms with van der Waals surface area (Å²) in [6.45, 7) is 13.3. The number of hydrogen-bond donors (Lipinski definition) is 1. The number of pyridine rings is 1. The highest BCUT2D eigenvalue weighted by Crippen LogP contribution is 2.32. The van der Waals surface area contributed by atoms with Crippen LogP contribution in [-0.4, -0.2) is 35.6 Å². The fraction of sp³-hybridized carbons (Fsp3) is 0.722. The van der Waals surface area contributed by atoms with Crippen LogP contribution in [0.25, 0.3) is 0 Å². The average molecular weight is 289 g/mol. The maximum atomic E-state index is 4.65. The number of aromatic nitrogens is 1. The molecule has 1 fully saturated rings. The minimum absolute atomic E-state index is 0.733. The number of nitrogens with zero attached hydrogens (tertiary/aromatic N) is 2. The number of aryl methyl sites for hydroxylation is 1. The minimum atomic E-state index is 0.733. The molecule has 1 heterocycles. The van der Waals surface area contributed by atoms with Crippen LogP contribution in [0.3, 0.4) is 0 Å². The lowest BCUT2D eigenvalue weighted by Crippen LogP contribution is -2.50. The van der Waals surface area contributed by atoms with Gasteiger partial charge in [-0.15, -0.1) is 0 Å². The molecular formula is C18H31N3. The maximum absolute atomic E-state index is 4.65. The van der Waals surface area contributed by atoms with E-state index < -0.39 is 0 Å². The first kappa shape index (κ1) is 16.4. The molecule has 0 amide bonds. The maximum Gasteiger partial charge on any atom is 0.0547 e. The number of rotatable bonds is 8. The van der Waals surface area contributed by atoms with Crippen molar-refractivity contribution in [2.75, 3.05) is 19.6 Å². The van der Waals surface area contributed by atoms with E-state index in [1.807, 2.05) is 0 Å². The van der Waals surface area contributed by atoms with Crippen LogP contribution in [-0.2, 0) is 6.54 Å². The lowest BCUT2D eigenvalue weighted by molar-refractivity contribution is 0.0585. The zero-order valence-electron chi connectivity index (χ0n) is 14.1. The van der Waals surface area contributed by atoms with Crippen LogP contribution < -0.4 is 5.32 Å². The van der Waals surface area contributed by atoms with Crippen molar-refractivity contribution in [2.45, 2.75) is 53.1 Å². The molecule has 1 aliphatic rings. The molecule has 1 aromatic rings. The molecule has 21 heavy (non-hydrogen) atoms. The van der Waals surface area contributed by atoms with E-state index in [1.165, 1.54) is 25.1 Å². The van der Waals surface area contributed by atoms with E-state index in [-0.39, 0.29) is 0 Å². The van der Waals surface area contributed by atoms with Gasteiger partial charge in [-0.3, -0.25) is 9.88 Å². The van der Waals surface area contributed by atoms with E-state index in [1.54, 1.807) is 0 Å². The van der Waals surface area contributed by atoms with Gasteiger partial charge in [0.05, 0.1) is 5.69 Å². The van der Waals surface area contributed by atoms with Gasteiger partial charge in [0.2, 0.25) is 0 Å². The highest BCUT2D eigenvalue weighted by Gasteiger charge is 2.34. The molecule has 118 valence electrons. The fourth-order valence-electron chi connectivity index (χ4n) is 3.19. The molecule has 0 saturated heterocycles. The van der Waals surface area contributed by atoms with Gasteiger partial charge in [0.15, 0.2) is 0 Å². The van der Waals surface area contributed by atoms with Crippen molar-refractivity contribution in [1.82, 2.24) is 15.2 Å². The van der Waals surface area contributed by atoms with Crippen molar-refractivity contribution < 1.29 is 0 Å². The Labute approximate surface area is 130 Å². The molecule has 2 unspecified atom stereocenters. The molecule has 1 N–H and O–H groups in total. The molecule has 1 aromatic heterocycles. The van der Waals surface area contributed by atoms with Gasteiger partial charge in [-0.2, -0.15) is 0 Å². The third-order valence-corrected chi connectivity index (χ3v) is 4.52. The Bertz CT molecular complexity index is 430. The summed E-state index contributed by atoms with van der Waals surface area (Å²) in [7, 11) is 0. The zero-order valence-corrected chi connectivity index (χ0v) is 14.1. The minimum Gasteiger partial charge on any atom is -0.316 e. The van der Waals surface area contributed by atoms with Crippen molar-refractivity contribution >= 4 is 0 Å². The molecule has 2 rings (SSSR count). The summed E-state index contributed by atoms with van der Waals surface area (Å²) in [6, 6.07) is 7.08. The summed E-state index contributed by atoms with van der Waals surface area (Å²) in [5.41, 5.74) is 2.32. The fourth-order valence-corrected chi connectivity index (χ4v) is 3.19. The van der Waals surface area contributed by atoms with Crippen molar-refractivity contribution in [2.24, 2.45) is 11.8 Å². The first-order chi connectivity index (χ1) is 10.1. The van der Waals surface area contributed by atoms with E-state index in [0.717, 1.165) is 43.2 Å². The Morgan fingerprint density at radius 3 is 2.71 bits per heavy atom. The Morgan fingerprint density at radius 1 is 1.33 bits per heavy atom. The first-order valence-electron chi connectivity index (χ1n) is 8.47.